The molecule has 0 unspecified atom stereocenters. The third-order valence-electron chi connectivity index (χ3n) is 3.97. The fourth-order valence-electron chi connectivity index (χ4n) is 3.05. The highest BCUT2D eigenvalue weighted by Crippen LogP contribution is 2.36. The Kier molecular flexibility index (Phi) is 3.04. The first-order chi connectivity index (χ1) is 10.3. The highest BCUT2D eigenvalue weighted by Gasteiger charge is 2.22. The predicted molar refractivity (Wildman–Crippen MR) is 86.4 cm³/mol. The maximum Gasteiger partial charge on any atom is 0.109 e. The molecule has 0 bridgehead atoms. The highest BCUT2D eigenvalue weighted by atomic mass is 35.5. The number of benzene rings is 2. The van der Waals surface area contributed by atoms with Crippen LogP contribution in [0.4, 0.5) is 0 Å². The molecule has 0 amide bonds. The number of hydrogen-bond acceptors (Lipinski definition) is 1. The van der Waals surface area contributed by atoms with Gasteiger partial charge in [-0.3, -0.25) is 0 Å². The lowest BCUT2D eigenvalue weighted by molar-refractivity contribution is 0.756. The molecular weight excluding hydrogens is 280 g/mol. The third-order valence-corrected chi connectivity index (χ3v) is 4.21. The van der Waals surface area contributed by atoms with E-state index in [1.165, 1.54) is 23.5 Å². The summed E-state index contributed by atoms with van der Waals surface area (Å²) < 4.78 is 2.35. The van der Waals surface area contributed by atoms with Crippen molar-refractivity contribution in [1.29, 1.82) is 0 Å². The minimum absolute atomic E-state index is 0.750. The Morgan fingerprint density at radius 1 is 0.952 bits per heavy atom. The Morgan fingerprint density at radius 2 is 1.76 bits per heavy atom. The molecule has 104 valence electrons. The first-order valence-electron chi connectivity index (χ1n) is 7.24. The van der Waals surface area contributed by atoms with Gasteiger partial charge < -0.3 is 4.57 Å². The standard InChI is InChI=1S/C18H15ClN2/c19-15-9-4-8-14(12-15)17-18(13-6-2-1-3-7-13)21-11-5-10-16(21)20-17/h1-4,6-9,12H,5,10-11H2. The minimum Gasteiger partial charge on any atom is -0.327 e. The second-order valence-corrected chi connectivity index (χ2v) is 5.79. The number of nitrogens with zero attached hydrogens (tertiary/aromatic N) is 2. The summed E-state index contributed by atoms with van der Waals surface area (Å²) in [5, 5.41) is 0.750. The van der Waals surface area contributed by atoms with E-state index in [4.69, 9.17) is 16.6 Å². The molecule has 2 heterocycles. The van der Waals surface area contributed by atoms with Gasteiger partial charge in [-0.1, -0.05) is 54.1 Å². The zero-order chi connectivity index (χ0) is 14.2. The fourth-order valence-corrected chi connectivity index (χ4v) is 3.24. The quantitative estimate of drug-likeness (QED) is 0.663. The zero-order valence-corrected chi connectivity index (χ0v) is 12.3. The summed E-state index contributed by atoms with van der Waals surface area (Å²) in [6, 6.07) is 18.4. The van der Waals surface area contributed by atoms with Crippen molar-refractivity contribution in [2.24, 2.45) is 0 Å². The van der Waals surface area contributed by atoms with Gasteiger partial charge in [-0.2, -0.15) is 0 Å². The van der Waals surface area contributed by atoms with Crippen molar-refractivity contribution in [2.75, 3.05) is 0 Å². The molecule has 2 nitrogen and oxygen atoms in total. The fraction of sp³-hybridized carbons (Fsp3) is 0.167. The molecule has 0 N–H and O–H groups in total. The van der Waals surface area contributed by atoms with Crippen molar-refractivity contribution in [3.63, 3.8) is 0 Å². The number of hydrogen-bond donors (Lipinski definition) is 0. The lowest BCUT2D eigenvalue weighted by atomic mass is 10.0. The molecule has 2 aromatic carbocycles. The largest absolute Gasteiger partial charge is 0.327 e. The molecule has 21 heavy (non-hydrogen) atoms. The van der Waals surface area contributed by atoms with Crippen molar-refractivity contribution in [3.8, 4) is 22.5 Å². The van der Waals surface area contributed by atoms with Crippen molar-refractivity contribution >= 4 is 11.6 Å². The van der Waals surface area contributed by atoms with E-state index in [2.05, 4.69) is 34.9 Å². The van der Waals surface area contributed by atoms with Crippen molar-refractivity contribution in [2.45, 2.75) is 19.4 Å². The molecule has 0 saturated carbocycles. The summed E-state index contributed by atoms with van der Waals surface area (Å²) in [6.07, 6.45) is 2.23. The summed E-state index contributed by atoms with van der Waals surface area (Å²) in [7, 11) is 0. The van der Waals surface area contributed by atoms with Gasteiger partial charge in [0.25, 0.3) is 0 Å². The number of aryl methyl sites for hydroxylation is 1. The van der Waals surface area contributed by atoms with E-state index in [1.54, 1.807) is 0 Å². The molecule has 0 saturated heterocycles. The van der Waals surface area contributed by atoms with Crippen molar-refractivity contribution in [3.05, 3.63) is 65.4 Å². The molecule has 0 aliphatic carbocycles. The van der Waals surface area contributed by atoms with E-state index in [0.717, 1.165) is 29.2 Å². The zero-order valence-electron chi connectivity index (χ0n) is 11.6. The number of fused-ring (bicyclic) bond motifs is 1. The van der Waals surface area contributed by atoms with E-state index in [-0.39, 0.29) is 0 Å². The molecule has 1 aliphatic heterocycles. The van der Waals surface area contributed by atoms with E-state index in [9.17, 15) is 0 Å². The molecule has 1 aromatic heterocycles. The first kappa shape index (κ1) is 12.7. The summed E-state index contributed by atoms with van der Waals surface area (Å²) in [6.45, 7) is 1.05. The monoisotopic (exact) mass is 294 g/mol. The topological polar surface area (TPSA) is 17.8 Å². The van der Waals surface area contributed by atoms with E-state index >= 15 is 0 Å². The van der Waals surface area contributed by atoms with Crippen LogP contribution in [0.3, 0.4) is 0 Å². The molecule has 0 spiro atoms. The molecule has 0 radical (unpaired) electrons. The average Bonchev–Trinajstić information content (AvgIpc) is 3.08. The van der Waals surface area contributed by atoms with Crippen LogP contribution in [0.1, 0.15) is 12.2 Å². The number of aromatic nitrogens is 2. The Bertz CT molecular complexity index is 790. The Labute approximate surface area is 129 Å². The van der Waals surface area contributed by atoms with Crippen LogP contribution in [0.25, 0.3) is 22.5 Å². The van der Waals surface area contributed by atoms with Crippen molar-refractivity contribution < 1.29 is 0 Å². The first-order valence-corrected chi connectivity index (χ1v) is 7.61. The second-order valence-electron chi connectivity index (χ2n) is 5.36. The van der Waals surface area contributed by atoms with Crippen LogP contribution in [-0.2, 0) is 13.0 Å². The van der Waals surface area contributed by atoms with Crippen LogP contribution in [-0.4, -0.2) is 9.55 Å². The summed E-state index contributed by atoms with van der Waals surface area (Å²) in [5.41, 5.74) is 4.56. The normalized spacial score (nSPS) is 13.4. The molecule has 0 fully saturated rings. The highest BCUT2D eigenvalue weighted by molar-refractivity contribution is 6.30. The van der Waals surface area contributed by atoms with Gasteiger partial charge in [0, 0.05) is 29.1 Å². The lowest BCUT2D eigenvalue weighted by Crippen LogP contribution is -1.96. The number of imidazole rings is 1. The molecule has 0 atom stereocenters. The van der Waals surface area contributed by atoms with Crippen LogP contribution >= 0.6 is 11.6 Å². The lowest BCUT2D eigenvalue weighted by Gasteiger charge is -2.08. The molecular formula is C18H15ClN2. The summed E-state index contributed by atoms with van der Waals surface area (Å²) in [5.74, 6) is 1.18. The maximum absolute atomic E-state index is 6.15. The Balaban J connectivity index is 1.96. The van der Waals surface area contributed by atoms with Gasteiger partial charge in [-0.05, 0) is 18.6 Å². The van der Waals surface area contributed by atoms with Gasteiger partial charge in [0.1, 0.15) is 5.82 Å². The Hall–Kier alpha value is -2.06. The predicted octanol–water partition coefficient (Wildman–Crippen LogP) is 4.82. The van der Waals surface area contributed by atoms with E-state index in [1.807, 2.05) is 24.3 Å². The van der Waals surface area contributed by atoms with Crippen LogP contribution in [0.15, 0.2) is 54.6 Å². The molecule has 4 rings (SSSR count). The number of rotatable bonds is 2. The van der Waals surface area contributed by atoms with Gasteiger partial charge in [-0.25, -0.2) is 4.98 Å². The van der Waals surface area contributed by atoms with Crippen LogP contribution in [0, 0.1) is 0 Å². The third kappa shape index (κ3) is 2.16. The van der Waals surface area contributed by atoms with Gasteiger partial charge >= 0.3 is 0 Å². The SMILES string of the molecule is Clc1cccc(-c2nc3n(c2-c2ccccc2)CCC3)c1. The van der Waals surface area contributed by atoms with Gasteiger partial charge in [0.2, 0.25) is 0 Å². The average molecular weight is 295 g/mol. The molecule has 1 aliphatic rings. The molecule has 3 aromatic rings. The van der Waals surface area contributed by atoms with Crippen molar-refractivity contribution in [1.82, 2.24) is 9.55 Å². The Morgan fingerprint density at radius 3 is 2.57 bits per heavy atom. The van der Waals surface area contributed by atoms with Crippen LogP contribution in [0.5, 0.6) is 0 Å². The maximum atomic E-state index is 6.15. The van der Waals surface area contributed by atoms with Crippen LogP contribution in [0.2, 0.25) is 5.02 Å². The summed E-state index contributed by atoms with van der Waals surface area (Å²) >= 11 is 6.15. The van der Waals surface area contributed by atoms with E-state index < -0.39 is 0 Å². The minimum atomic E-state index is 0.750. The van der Waals surface area contributed by atoms with E-state index in [0.29, 0.717) is 0 Å². The van der Waals surface area contributed by atoms with Gasteiger partial charge in [-0.15, -0.1) is 0 Å². The smallest absolute Gasteiger partial charge is 0.109 e. The van der Waals surface area contributed by atoms with Gasteiger partial charge in [0.05, 0.1) is 11.4 Å². The summed E-state index contributed by atoms with van der Waals surface area (Å²) in [4.78, 5) is 4.88. The van der Waals surface area contributed by atoms with Gasteiger partial charge in [0.15, 0.2) is 0 Å². The van der Waals surface area contributed by atoms with Crippen LogP contribution < -0.4 is 0 Å². The second kappa shape index (κ2) is 5.05. The molecule has 3 heteroatoms. The number of halogens is 1.